The summed E-state index contributed by atoms with van der Waals surface area (Å²) >= 11 is 0. The normalized spacial score (nSPS) is 21.0. The van der Waals surface area contributed by atoms with Crippen molar-refractivity contribution < 1.29 is 4.52 Å². The Kier molecular flexibility index (Phi) is 2.75. The molecule has 1 aliphatic rings. The van der Waals surface area contributed by atoms with Gasteiger partial charge >= 0.3 is 0 Å². The van der Waals surface area contributed by atoms with Gasteiger partial charge in [-0.15, -0.1) is 0 Å². The lowest BCUT2D eigenvalue weighted by Crippen LogP contribution is -2.23. The zero-order valence-electron chi connectivity index (χ0n) is 9.36. The van der Waals surface area contributed by atoms with E-state index in [0.29, 0.717) is 17.9 Å². The van der Waals surface area contributed by atoms with Gasteiger partial charge in [-0.25, -0.2) is 0 Å². The van der Waals surface area contributed by atoms with Crippen molar-refractivity contribution >= 4 is 0 Å². The molecule has 0 bridgehead atoms. The number of rotatable bonds is 3. The second kappa shape index (κ2) is 3.90. The Balaban J connectivity index is 1.92. The first-order valence-corrected chi connectivity index (χ1v) is 5.33. The van der Waals surface area contributed by atoms with Gasteiger partial charge in [0.25, 0.3) is 0 Å². The summed E-state index contributed by atoms with van der Waals surface area (Å²) in [5.74, 6) is 1.26. The molecule has 0 spiro atoms. The van der Waals surface area contributed by atoms with Crippen molar-refractivity contribution in [2.24, 2.45) is 11.1 Å². The second-order valence-electron chi connectivity index (χ2n) is 4.93. The van der Waals surface area contributed by atoms with E-state index in [1.165, 1.54) is 6.42 Å². The molecule has 5 heteroatoms. The lowest BCUT2D eigenvalue weighted by molar-refractivity contribution is 0.273. The zero-order chi connectivity index (χ0) is 10.9. The minimum atomic E-state index is 0.318. The summed E-state index contributed by atoms with van der Waals surface area (Å²) in [5.41, 5.74) is 5.82. The highest BCUT2D eigenvalue weighted by Crippen LogP contribution is 2.29. The molecule has 0 aliphatic carbocycles. The average molecular weight is 210 g/mol. The van der Waals surface area contributed by atoms with Crippen LogP contribution in [-0.2, 0) is 13.1 Å². The molecule has 5 nitrogen and oxygen atoms in total. The van der Waals surface area contributed by atoms with Crippen molar-refractivity contribution in [2.45, 2.75) is 33.4 Å². The molecule has 0 atom stereocenters. The van der Waals surface area contributed by atoms with Crippen LogP contribution in [0.3, 0.4) is 0 Å². The van der Waals surface area contributed by atoms with Crippen molar-refractivity contribution in [1.29, 1.82) is 0 Å². The molecule has 0 unspecified atom stereocenters. The summed E-state index contributed by atoms with van der Waals surface area (Å²) in [6.07, 6.45) is 1.23. The van der Waals surface area contributed by atoms with Gasteiger partial charge in [0.15, 0.2) is 5.82 Å². The molecule has 1 saturated heterocycles. The fourth-order valence-corrected chi connectivity index (χ4v) is 2.00. The molecule has 84 valence electrons. The Morgan fingerprint density at radius 2 is 2.33 bits per heavy atom. The lowest BCUT2D eigenvalue weighted by Gasteiger charge is -2.17. The molecule has 1 aliphatic heterocycles. The summed E-state index contributed by atoms with van der Waals surface area (Å²) < 4.78 is 4.96. The molecule has 15 heavy (non-hydrogen) atoms. The van der Waals surface area contributed by atoms with Crippen molar-refractivity contribution in [2.75, 3.05) is 13.1 Å². The van der Waals surface area contributed by atoms with E-state index < -0.39 is 0 Å². The van der Waals surface area contributed by atoms with Gasteiger partial charge in [-0.2, -0.15) is 4.98 Å². The van der Waals surface area contributed by atoms with Crippen LogP contribution in [0, 0.1) is 5.41 Å². The number of nitrogens with zero attached hydrogens (tertiary/aromatic N) is 3. The van der Waals surface area contributed by atoms with Gasteiger partial charge in [0.1, 0.15) is 0 Å². The topological polar surface area (TPSA) is 68.2 Å². The van der Waals surface area contributed by atoms with Gasteiger partial charge in [-0.1, -0.05) is 19.0 Å². The van der Waals surface area contributed by atoms with Crippen LogP contribution < -0.4 is 5.73 Å². The summed E-state index contributed by atoms with van der Waals surface area (Å²) in [6.45, 7) is 7.87. The molecule has 2 heterocycles. The first kappa shape index (κ1) is 10.6. The molecule has 0 amide bonds. The highest BCUT2D eigenvalue weighted by molar-refractivity contribution is 4.89. The van der Waals surface area contributed by atoms with E-state index in [0.717, 1.165) is 25.5 Å². The Bertz CT molecular complexity index is 334. The summed E-state index contributed by atoms with van der Waals surface area (Å²) in [6, 6.07) is 0. The lowest BCUT2D eigenvalue weighted by atomic mass is 9.93. The van der Waals surface area contributed by atoms with Gasteiger partial charge in [-0.05, 0) is 18.4 Å². The number of nitrogens with two attached hydrogens (primary N) is 1. The standard InChI is InChI=1S/C10H18N4O/c1-10(2)3-4-14(7-10)6-8-12-9(5-11)15-13-8/h3-7,11H2,1-2H3. The number of hydrogen-bond acceptors (Lipinski definition) is 5. The highest BCUT2D eigenvalue weighted by atomic mass is 16.5. The summed E-state index contributed by atoms with van der Waals surface area (Å²) in [7, 11) is 0. The Hall–Kier alpha value is -0.940. The maximum absolute atomic E-state index is 5.40. The summed E-state index contributed by atoms with van der Waals surface area (Å²) in [4.78, 5) is 6.55. The smallest absolute Gasteiger partial charge is 0.240 e. The molecule has 0 saturated carbocycles. The molecular formula is C10H18N4O. The first-order valence-electron chi connectivity index (χ1n) is 5.33. The maximum Gasteiger partial charge on any atom is 0.240 e. The van der Waals surface area contributed by atoms with Gasteiger partial charge < -0.3 is 10.3 Å². The minimum absolute atomic E-state index is 0.318. The van der Waals surface area contributed by atoms with Crippen LogP contribution in [0.4, 0.5) is 0 Å². The quantitative estimate of drug-likeness (QED) is 0.797. The fourth-order valence-electron chi connectivity index (χ4n) is 2.00. The van der Waals surface area contributed by atoms with Gasteiger partial charge in [-0.3, -0.25) is 4.90 Å². The second-order valence-corrected chi connectivity index (χ2v) is 4.93. The zero-order valence-corrected chi connectivity index (χ0v) is 9.36. The predicted molar refractivity (Wildman–Crippen MR) is 55.9 cm³/mol. The third-order valence-electron chi connectivity index (χ3n) is 2.81. The number of aromatic nitrogens is 2. The Morgan fingerprint density at radius 3 is 2.87 bits per heavy atom. The average Bonchev–Trinajstić information content (AvgIpc) is 2.73. The molecule has 2 N–H and O–H groups in total. The van der Waals surface area contributed by atoms with E-state index in [9.17, 15) is 0 Å². The van der Waals surface area contributed by atoms with Crippen molar-refractivity contribution in [3.8, 4) is 0 Å². The van der Waals surface area contributed by atoms with E-state index >= 15 is 0 Å². The van der Waals surface area contributed by atoms with Gasteiger partial charge in [0.05, 0.1) is 13.1 Å². The molecule has 0 radical (unpaired) electrons. The molecule has 1 aromatic rings. The van der Waals surface area contributed by atoms with Gasteiger partial charge in [0.2, 0.25) is 5.89 Å². The van der Waals surface area contributed by atoms with E-state index in [2.05, 4.69) is 28.9 Å². The maximum atomic E-state index is 5.40. The molecule has 2 rings (SSSR count). The van der Waals surface area contributed by atoms with E-state index in [1.807, 2.05) is 0 Å². The largest absolute Gasteiger partial charge is 0.338 e. The highest BCUT2D eigenvalue weighted by Gasteiger charge is 2.29. The SMILES string of the molecule is CC1(C)CCN(Cc2noc(CN)n2)C1. The first-order chi connectivity index (χ1) is 7.09. The van der Waals surface area contributed by atoms with Crippen LogP contribution >= 0.6 is 0 Å². The molecule has 0 aromatic carbocycles. The molecule has 1 aromatic heterocycles. The van der Waals surface area contributed by atoms with Crippen molar-refractivity contribution in [3.05, 3.63) is 11.7 Å². The number of likely N-dealkylation sites (tertiary alicyclic amines) is 1. The van der Waals surface area contributed by atoms with Crippen molar-refractivity contribution in [1.82, 2.24) is 15.0 Å². The van der Waals surface area contributed by atoms with Crippen molar-refractivity contribution in [3.63, 3.8) is 0 Å². The van der Waals surface area contributed by atoms with Crippen LogP contribution in [0.15, 0.2) is 4.52 Å². The van der Waals surface area contributed by atoms with Crippen LogP contribution in [-0.4, -0.2) is 28.1 Å². The molecular weight excluding hydrogens is 192 g/mol. The summed E-state index contributed by atoms with van der Waals surface area (Å²) in [5, 5.41) is 3.89. The minimum Gasteiger partial charge on any atom is -0.338 e. The van der Waals surface area contributed by atoms with Crippen LogP contribution in [0.5, 0.6) is 0 Å². The Morgan fingerprint density at radius 1 is 1.53 bits per heavy atom. The number of hydrogen-bond donors (Lipinski definition) is 1. The third kappa shape index (κ3) is 2.54. The monoisotopic (exact) mass is 210 g/mol. The van der Waals surface area contributed by atoms with Crippen LogP contribution in [0.1, 0.15) is 32.0 Å². The fraction of sp³-hybridized carbons (Fsp3) is 0.800. The van der Waals surface area contributed by atoms with E-state index in [1.54, 1.807) is 0 Å². The Labute approximate surface area is 89.6 Å². The molecule has 1 fully saturated rings. The van der Waals surface area contributed by atoms with Crippen LogP contribution in [0.2, 0.25) is 0 Å². The predicted octanol–water partition coefficient (Wildman–Crippen LogP) is 0.760. The van der Waals surface area contributed by atoms with Gasteiger partial charge in [0, 0.05) is 6.54 Å². The third-order valence-corrected chi connectivity index (χ3v) is 2.81. The van der Waals surface area contributed by atoms with Crippen LogP contribution in [0.25, 0.3) is 0 Å². The van der Waals surface area contributed by atoms with E-state index in [4.69, 9.17) is 10.3 Å². The van der Waals surface area contributed by atoms with E-state index in [-0.39, 0.29) is 0 Å².